The predicted molar refractivity (Wildman–Crippen MR) is 173 cm³/mol. The topological polar surface area (TPSA) is 116 Å². The Morgan fingerprint density at radius 3 is 1.78 bits per heavy atom. The van der Waals surface area contributed by atoms with Crippen LogP contribution in [0.3, 0.4) is 0 Å². The molecule has 45 heavy (non-hydrogen) atoms. The van der Waals surface area contributed by atoms with Crippen LogP contribution in [0.15, 0.2) is 127 Å². The van der Waals surface area contributed by atoms with Crippen LogP contribution in [0.5, 0.6) is 0 Å². The average molecular weight is 581 g/mol. The number of hydrogen-bond acceptors (Lipinski definition) is 9. The molecule has 0 bridgehead atoms. The summed E-state index contributed by atoms with van der Waals surface area (Å²) in [5, 5.41) is 3.81. The number of benzene rings is 4. The van der Waals surface area contributed by atoms with Crippen molar-refractivity contribution in [2.24, 2.45) is 0 Å². The maximum absolute atomic E-state index is 6.56. The standard InChI is InChI=1S/C36H20N8O/c1-3-10-27-23(6-1)32(43-35(41-27)29-19-37-14-16-39-29)21-12-13-31-26(18-21)22-8-5-9-25(34(22)45-31)33-24-7-2-4-11-28(24)42-36(44-33)30-20-38-15-17-40-30/h1-20H. The molecule has 0 saturated heterocycles. The lowest BCUT2D eigenvalue weighted by molar-refractivity contribution is 0.670. The fourth-order valence-corrected chi connectivity index (χ4v) is 5.77. The summed E-state index contributed by atoms with van der Waals surface area (Å²) in [7, 11) is 0. The number of nitrogens with zero attached hydrogens (tertiary/aromatic N) is 8. The first-order chi connectivity index (χ1) is 22.3. The van der Waals surface area contributed by atoms with E-state index in [1.54, 1.807) is 37.2 Å². The molecule has 0 atom stereocenters. The minimum Gasteiger partial charge on any atom is -0.455 e. The summed E-state index contributed by atoms with van der Waals surface area (Å²) in [5.74, 6) is 1.02. The van der Waals surface area contributed by atoms with Gasteiger partial charge in [0.2, 0.25) is 0 Å². The van der Waals surface area contributed by atoms with Gasteiger partial charge in [-0.1, -0.05) is 48.5 Å². The van der Waals surface area contributed by atoms with Crippen LogP contribution in [0.4, 0.5) is 0 Å². The summed E-state index contributed by atoms with van der Waals surface area (Å²) in [6.07, 6.45) is 9.90. The highest BCUT2D eigenvalue weighted by atomic mass is 16.3. The van der Waals surface area contributed by atoms with Gasteiger partial charge in [-0.3, -0.25) is 9.97 Å². The van der Waals surface area contributed by atoms with Gasteiger partial charge in [0.05, 0.1) is 34.8 Å². The van der Waals surface area contributed by atoms with Gasteiger partial charge in [0.25, 0.3) is 0 Å². The molecular weight excluding hydrogens is 560 g/mol. The lowest BCUT2D eigenvalue weighted by Gasteiger charge is -2.09. The lowest BCUT2D eigenvalue weighted by atomic mass is 10.0. The van der Waals surface area contributed by atoms with Crippen LogP contribution in [0.1, 0.15) is 0 Å². The molecule has 0 unspecified atom stereocenters. The molecule has 9 rings (SSSR count). The summed E-state index contributed by atoms with van der Waals surface area (Å²) < 4.78 is 6.56. The Kier molecular flexibility index (Phi) is 5.60. The van der Waals surface area contributed by atoms with Crippen LogP contribution in [0.2, 0.25) is 0 Å². The van der Waals surface area contributed by atoms with Crippen molar-refractivity contribution in [2.75, 3.05) is 0 Å². The van der Waals surface area contributed by atoms with Gasteiger partial charge in [-0.25, -0.2) is 29.9 Å². The Morgan fingerprint density at radius 2 is 1.11 bits per heavy atom. The molecule has 9 heteroatoms. The molecule has 5 aromatic heterocycles. The summed E-state index contributed by atoms with van der Waals surface area (Å²) in [6.45, 7) is 0. The highest BCUT2D eigenvalue weighted by molar-refractivity contribution is 6.12. The molecule has 0 aliphatic carbocycles. The van der Waals surface area contributed by atoms with Gasteiger partial charge in [-0.2, -0.15) is 0 Å². The van der Waals surface area contributed by atoms with Crippen molar-refractivity contribution in [3.05, 3.63) is 122 Å². The summed E-state index contributed by atoms with van der Waals surface area (Å²) in [4.78, 5) is 36.9. The molecule has 9 aromatic rings. The Labute approximate surface area is 255 Å². The largest absolute Gasteiger partial charge is 0.455 e. The van der Waals surface area contributed by atoms with E-state index >= 15 is 0 Å². The molecule has 0 spiro atoms. The van der Waals surface area contributed by atoms with Gasteiger partial charge in [0, 0.05) is 57.5 Å². The molecule has 0 fully saturated rings. The van der Waals surface area contributed by atoms with Crippen LogP contribution in [-0.2, 0) is 0 Å². The molecular formula is C36H20N8O. The second kappa shape index (κ2) is 10.1. The van der Waals surface area contributed by atoms with Crippen LogP contribution in [0, 0.1) is 0 Å². The third-order valence-corrected chi connectivity index (χ3v) is 7.82. The number of para-hydroxylation sites is 3. The van der Waals surface area contributed by atoms with E-state index in [1.807, 2.05) is 72.8 Å². The number of aromatic nitrogens is 8. The number of hydrogen-bond donors (Lipinski definition) is 0. The molecule has 0 radical (unpaired) electrons. The second-order valence-electron chi connectivity index (χ2n) is 10.5. The van der Waals surface area contributed by atoms with E-state index in [4.69, 9.17) is 24.4 Å². The normalized spacial score (nSPS) is 11.6. The first-order valence-electron chi connectivity index (χ1n) is 14.3. The molecule has 0 N–H and O–H groups in total. The Balaban J connectivity index is 1.26. The van der Waals surface area contributed by atoms with E-state index in [1.165, 1.54) is 0 Å². The number of rotatable bonds is 4. The Hall–Kier alpha value is -6.48. The van der Waals surface area contributed by atoms with E-state index in [2.05, 4.69) is 32.1 Å². The SMILES string of the molecule is c1ccc2c(-c3ccc4oc5c(-c6nc(-c7cnccn7)nc7ccccc67)cccc5c4c3)nc(-c3cnccn3)nc2c1. The van der Waals surface area contributed by atoms with Gasteiger partial charge in [-0.05, 0) is 36.4 Å². The van der Waals surface area contributed by atoms with Gasteiger partial charge >= 0.3 is 0 Å². The van der Waals surface area contributed by atoms with Gasteiger partial charge in [0.15, 0.2) is 11.6 Å². The third kappa shape index (κ3) is 4.17. The van der Waals surface area contributed by atoms with Crippen LogP contribution in [0.25, 0.3) is 89.3 Å². The fraction of sp³-hybridized carbons (Fsp3) is 0. The third-order valence-electron chi connectivity index (χ3n) is 7.82. The van der Waals surface area contributed by atoms with Crippen molar-refractivity contribution in [3.63, 3.8) is 0 Å². The minimum absolute atomic E-state index is 0.502. The predicted octanol–water partition coefficient (Wildman–Crippen LogP) is 7.72. The quantitative estimate of drug-likeness (QED) is 0.206. The van der Waals surface area contributed by atoms with Crippen LogP contribution in [-0.4, -0.2) is 39.9 Å². The van der Waals surface area contributed by atoms with Crippen molar-refractivity contribution in [1.29, 1.82) is 0 Å². The van der Waals surface area contributed by atoms with E-state index in [0.717, 1.165) is 66.3 Å². The summed E-state index contributed by atoms with van der Waals surface area (Å²) in [6, 6.07) is 28.3. The van der Waals surface area contributed by atoms with E-state index in [-0.39, 0.29) is 0 Å². The van der Waals surface area contributed by atoms with Crippen molar-refractivity contribution < 1.29 is 4.42 Å². The van der Waals surface area contributed by atoms with Crippen molar-refractivity contribution in [3.8, 4) is 45.6 Å². The summed E-state index contributed by atoms with van der Waals surface area (Å²) in [5.41, 5.74) is 7.75. The minimum atomic E-state index is 0.502. The maximum atomic E-state index is 6.56. The highest BCUT2D eigenvalue weighted by Crippen LogP contribution is 2.40. The molecule has 0 aliphatic rings. The van der Waals surface area contributed by atoms with E-state index < -0.39 is 0 Å². The van der Waals surface area contributed by atoms with Crippen LogP contribution < -0.4 is 0 Å². The van der Waals surface area contributed by atoms with Crippen LogP contribution >= 0.6 is 0 Å². The zero-order valence-corrected chi connectivity index (χ0v) is 23.5. The lowest BCUT2D eigenvalue weighted by Crippen LogP contribution is -1.97. The zero-order chi connectivity index (χ0) is 29.7. The Morgan fingerprint density at radius 1 is 0.489 bits per heavy atom. The molecule has 210 valence electrons. The monoisotopic (exact) mass is 580 g/mol. The maximum Gasteiger partial charge on any atom is 0.180 e. The van der Waals surface area contributed by atoms with Gasteiger partial charge in [0.1, 0.15) is 22.6 Å². The first-order valence-corrected chi connectivity index (χ1v) is 14.3. The van der Waals surface area contributed by atoms with E-state index in [9.17, 15) is 0 Å². The molecule has 9 nitrogen and oxygen atoms in total. The summed E-state index contributed by atoms with van der Waals surface area (Å²) >= 11 is 0. The van der Waals surface area contributed by atoms with Gasteiger partial charge in [-0.15, -0.1) is 0 Å². The number of fused-ring (bicyclic) bond motifs is 5. The second-order valence-corrected chi connectivity index (χ2v) is 10.5. The molecule has 0 saturated carbocycles. The molecule has 5 heterocycles. The average Bonchev–Trinajstić information content (AvgIpc) is 3.50. The van der Waals surface area contributed by atoms with E-state index in [0.29, 0.717) is 23.0 Å². The molecule has 4 aromatic carbocycles. The fourth-order valence-electron chi connectivity index (χ4n) is 5.77. The number of furan rings is 1. The molecule has 0 aliphatic heterocycles. The smallest absolute Gasteiger partial charge is 0.180 e. The van der Waals surface area contributed by atoms with Gasteiger partial charge < -0.3 is 4.42 Å². The van der Waals surface area contributed by atoms with Crippen molar-refractivity contribution in [2.45, 2.75) is 0 Å². The molecule has 0 amide bonds. The van der Waals surface area contributed by atoms with Crippen molar-refractivity contribution >= 4 is 43.7 Å². The Bertz CT molecular complexity index is 2550. The van der Waals surface area contributed by atoms with Crippen molar-refractivity contribution in [1.82, 2.24) is 39.9 Å². The first kappa shape index (κ1) is 25.1. The highest BCUT2D eigenvalue weighted by Gasteiger charge is 2.19. The zero-order valence-electron chi connectivity index (χ0n) is 23.5.